The Morgan fingerprint density at radius 2 is 1.68 bits per heavy atom. The first kappa shape index (κ1) is 26.8. The molecule has 1 amide bonds. The molecule has 4 rings (SSSR count). The molecule has 0 radical (unpaired) electrons. The Bertz CT molecular complexity index is 1470. The highest BCUT2D eigenvalue weighted by Crippen LogP contribution is 2.45. The van der Waals surface area contributed by atoms with Gasteiger partial charge >= 0.3 is 5.97 Å². The molecule has 0 unspecified atom stereocenters. The number of fused-ring (bicyclic) bond motifs is 1. The molecule has 3 N–H and O–H groups in total. The van der Waals surface area contributed by atoms with Gasteiger partial charge in [-0.05, 0) is 70.9 Å². The summed E-state index contributed by atoms with van der Waals surface area (Å²) in [5.74, 6) is -1.08. The second kappa shape index (κ2) is 9.59. The maximum absolute atomic E-state index is 13.5. The predicted octanol–water partition coefficient (Wildman–Crippen LogP) is 5.06. The Hall–Kier alpha value is -3.21. The van der Waals surface area contributed by atoms with Crippen LogP contribution in [0.15, 0.2) is 53.4 Å². The van der Waals surface area contributed by atoms with Crippen LogP contribution >= 0.6 is 11.3 Å². The van der Waals surface area contributed by atoms with E-state index in [-0.39, 0.29) is 21.7 Å². The number of carbonyl (C=O) groups excluding carboxylic acids is 2. The van der Waals surface area contributed by atoms with E-state index in [0.717, 1.165) is 16.0 Å². The lowest BCUT2D eigenvalue weighted by atomic mass is 9.81. The zero-order valence-corrected chi connectivity index (χ0v) is 23.3. The van der Waals surface area contributed by atoms with Crippen LogP contribution in [0.4, 0.5) is 10.7 Å². The van der Waals surface area contributed by atoms with Gasteiger partial charge in [-0.15, -0.1) is 11.3 Å². The normalized spacial score (nSPS) is 15.9. The van der Waals surface area contributed by atoms with E-state index in [2.05, 4.69) is 29.2 Å². The fourth-order valence-electron chi connectivity index (χ4n) is 4.80. The Balaban J connectivity index is 1.70. The van der Waals surface area contributed by atoms with Crippen molar-refractivity contribution in [3.63, 3.8) is 0 Å². The molecule has 196 valence electrons. The molecule has 10 heteroatoms. The highest BCUT2D eigenvalue weighted by molar-refractivity contribution is 7.92. The molecule has 2 heterocycles. The van der Waals surface area contributed by atoms with Crippen molar-refractivity contribution in [2.24, 2.45) is 0 Å². The summed E-state index contributed by atoms with van der Waals surface area (Å²) in [5, 5.41) is 6.81. The molecule has 0 aliphatic carbocycles. The molecule has 1 aliphatic heterocycles. The first-order valence-electron chi connectivity index (χ1n) is 11.8. The van der Waals surface area contributed by atoms with Gasteiger partial charge in [-0.25, -0.2) is 13.2 Å². The lowest BCUT2D eigenvalue weighted by molar-refractivity contribution is 0.0600. The zero-order chi connectivity index (χ0) is 27.2. The second-order valence-electron chi connectivity index (χ2n) is 10.3. The highest BCUT2D eigenvalue weighted by atomic mass is 32.2. The van der Waals surface area contributed by atoms with Crippen molar-refractivity contribution in [1.82, 2.24) is 5.32 Å². The zero-order valence-electron chi connectivity index (χ0n) is 21.7. The molecule has 0 bridgehead atoms. The summed E-state index contributed by atoms with van der Waals surface area (Å²) in [6.45, 7) is 10.1. The van der Waals surface area contributed by atoms with E-state index in [4.69, 9.17) is 4.74 Å². The number of anilines is 2. The molecule has 37 heavy (non-hydrogen) atoms. The molecule has 0 saturated carbocycles. The maximum Gasteiger partial charge on any atom is 0.341 e. The van der Waals surface area contributed by atoms with Crippen LogP contribution in [0.5, 0.6) is 0 Å². The third kappa shape index (κ3) is 5.41. The summed E-state index contributed by atoms with van der Waals surface area (Å²) in [6.07, 6.45) is 0.579. The number of ether oxygens (including phenoxy) is 1. The van der Waals surface area contributed by atoms with E-state index >= 15 is 0 Å². The number of carbonyl (C=O) groups is 2. The van der Waals surface area contributed by atoms with E-state index < -0.39 is 27.4 Å². The summed E-state index contributed by atoms with van der Waals surface area (Å²) in [4.78, 5) is 27.4. The summed E-state index contributed by atoms with van der Waals surface area (Å²) < 4.78 is 33.6. The lowest BCUT2D eigenvalue weighted by Gasteiger charge is -2.42. The topological polar surface area (TPSA) is 114 Å². The highest BCUT2D eigenvalue weighted by Gasteiger charge is 2.42. The van der Waals surface area contributed by atoms with Crippen LogP contribution in [0.25, 0.3) is 0 Å². The number of nitrogens with one attached hydrogen (secondary N) is 3. The van der Waals surface area contributed by atoms with Gasteiger partial charge in [-0.3, -0.25) is 9.52 Å². The average molecular weight is 542 g/mol. The first-order chi connectivity index (χ1) is 17.2. The van der Waals surface area contributed by atoms with Crippen molar-refractivity contribution in [1.29, 1.82) is 0 Å². The first-order valence-corrected chi connectivity index (χ1v) is 14.1. The Morgan fingerprint density at radius 1 is 1.03 bits per heavy atom. The summed E-state index contributed by atoms with van der Waals surface area (Å²) in [5.41, 5.74) is 1.64. The lowest BCUT2D eigenvalue weighted by Crippen LogP contribution is -2.55. The minimum Gasteiger partial charge on any atom is -0.465 e. The number of hydrogen-bond acceptors (Lipinski definition) is 7. The van der Waals surface area contributed by atoms with E-state index in [9.17, 15) is 18.0 Å². The minimum atomic E-state index is -3.92. The molecule has 8 nitrogen and oxygen atoms in total. The predicted molar refractivity (Wildman–Crippen MR) is 146 cm³/mol. The number of methoxy groups -OCH3 is 1. The molecule has 3 aromatic rings. The minimum absolute atomic E-state index is 0.0876. The van der Waals surface area contributed by atoms with Crippen LogP contribution in [0, 0.1) is 6.92 Å². The van der Waals surface area contributed by atoms with Crippen LogP contribution in [-0.4, -0.2) is 32.9 Å². The largest absolute Gasteiger partial charge is 0.465 e. The molecule has 0 spiro atoms. The summed E-state index contributed by atoms with van der Waals surface area (Å²) in [7, 11) is -2.61. The fourth-order valence-corrected chi connectivity index (χ4v) is 7.14. The third-order valence-electron chi connectivity index (χ3n) is 6.21. The standard InChI is InChI=1S/C27H31N3O5S2/c1-16-11-13-17(14-12-16)37(33,34)29-20-10-8-7-9-18(20)23(31)28-24-21(25(32)35-6)19-15-26(2,3)30-27(4,5)22(19)36-24/h7-14,29-30H,15H2,1-6H3,(H,28,31). The number of thiophene rings is 1. The Morgan fingerprint density at radius 3 is 2.32 bits per heavy atom. The van der Waals surface area contributed by atoms with Gasteiger partial charge in [0.05, 0.1) is 28.8 Å². The maximum atomic E-state index is 13.5. The van der Waals surface area contributed by atoms with Crippen LogP contribution in [-0.2, 0) is 26.7 Å². The summed E-state index contributed by atoms with van der Waals surface area (Å²) in [6, 6.07) is 12.8. The smallest absolute Gasteiger partial charge is 0.341 e. The number of sulfonamides is 1. The monoisotopic (exact) mass is 541 g/mol. The SMILES string of the molecule is COC(=O)c1c(NC(=O)c2ccccc2NS(=O)(=O)c2ccc(C)cc2)sc2c1CC(C)(C)NC2(C)C. The van der Waals surface area contributed by atoms with Crippen LogP contribution in [0.1, 0.15) is 64.4 Å². The Kier molecular flexibility index (Phi) is 6.96. The molecule has 0 atom stereocenters. The number of esters is 1. The van der Waals surface area contributed by atoms with E-state index in [1.807, 2.05) is 20.8 Å². The van der Waals surface area contributed by atoms with Crippen molar-refractivity contribution in [3.8, 4) is 0 Å². The molecule has 0 fully saturated rings. The van der Waals surface area contributed by atoms with Gasteiger partial charge in [0.25, 0.3) is 15.9 Å². The van der Waals surface area contributed by atoms with Crippen LogP contribution in [0.3, 0.4) is 0 Å². The van der Waals surface area contributed by atoms with E-state index in [1.54, 1.807) is 24.3 Å². The quantitative estimate of drug-likeness (QED) is 0.376. The van der Waals surface area contributed by atoms with Crippen molar-refractivity contribution < 1.29 is 22.7 Å². The van der Waals surface area contributed by atoms with Crippen molar-refractivity contribution in [3.05, 3.63) is 75.7 Å². The van der Waals surface area contributed by atoms with Gasteiger partial charge in [0.1, 0.15) is 5.00 Å². The summed E-state index contributed by atoms with van der Waals surface area (Å²) >= 11 is 1.32. The van der Waals surface area contributed by atoms with E-state index in [1.165, 1.54) is 42.7 Å². The van der Waals surface area contributed by atoms with Gasteiger partial charge in [0.2, 0.25) is 0 Å². The van der Waals surface area contributed by atoms with Crippen molar-refractivity contribution in [2.75, 3.05) is 17.1 Å². The van der Waals surface area contributed by atoms with Crippen molar-refractivity contribution in [2.45, 2.75) is 57.0 Å². The van der Waals surface area contributed by atoms with Gasteiger partial charge < -0.3 is 15.4 Å². The molecular weight excluding hydrogens is 510 g/mol. The van der Waals surface area contributed by atoms with Gasteiger partial charge in [-0.2, -0.15) is 0 Å². The number of amides is 1. The molecule has 2 aromatic carbocycles. The van der Waals surface area contributed by atoms with Gasteiger partial charge in [0, 0.05) is 16.0 Å². The van der Waals surface area contributed by atoms with Crippen molar-refractivity contribution >= 4 is 43.9 Å². The van der Waals surface area contributed by atoms with Gasteiger partial charge in [0.15, 0.2) is 0 Å². The third-order valence-corrected chi connectivity index (χ3v) is 9.06. The second-order valence-corrected chi connectivity index (χ2v) is 13.0. The fraction of sp³-hybridized carbons (Fsp3) is 0.333. The average Bonchev–Trinajstić information content (AvgIpc) is 3.16. The van der Waals surface area contributed by atoms with Crippen LogP contribution < -0.4 is 15.4 Å². The number of rotatable bonds is 6. The molecule has 1 aromatic heterocycles. The Labute approximate surface area is 221 Å². The van der Waals surface area contributed by atoms with Gasteiger partial charge in [-0.1, -0.05) is 29.8 Å². The molecule has 1 aliphatic rings. The number of benzene rings is 2. The number of aryl methyl sites for hydroxylation is 1. The van der Waals surface area contributed by atoms with Crippen LogP contribution in [0.2, 0.25) is 0 Å². The molecular formula is C27H31N3O5S2. The number of para-hydroxylation sites is 1. The number of hydrogen-bond donors (Lipinski definition) is 3. The molecule has 0 saturated heterocycles. The van der Waals surface area contributed by atoms with E-state index in [0.29, 0.717) is 17.0 Å².